The molecule has 7 aromatic rings. The number of rotatable bonds is 27. The van der Waals surface area contributed by atoms with Crippen LogP contribution in [-0.2, 0) is 28.8 Å². The zero-order valence-electron chi connectivity index (χ0n) is 47.5. The van der Waals surface area contributed by atoms with E-state index in [1.807, 2.05) is 72.8 Å². The topological polar surface area (TPSA) is 175 Å². The molecular formula is C72H63Bi3N6O6. The third kappa shape index (κ3) is 20.0. The summed E-state index contributed by atoms with van der Waals surface area (Å²) in [5.41, 5.74) is 3.72. The van der Waals surface area contributed by atoms with Crippen LogP contribution >= 0.6 is 0 Å². The van der Waals surface area contributed by atoms with E-state index in [0.717, 1.165) is 19.6 Å². The molecule has 87 heavy (non-hydrogen) atoms. The Bertz CT molecular complexity index is 3220. The van der Waals surface area contributed by atoms with Crippen LogP contribution in [0.15, 0.2) is 313 Å². The molecule has 6 N–H and O–H groups in total. The Kier molecular flexibility index (Phi) is 25.7. The Balaban J connectivity index is 1.53. The first-order valence-corrected chi connectivity index (χ1v) is 42.7. The summed E-state index contributed by atoms with van der Waals surface area (Å²) < 4.78 is 10.2. The van der Waals surface area contributed by atoms with Crippen LogP contribution in [0.25, 0.3) is 0 Å². The van der Waals surface area contributed by atoms with E-state index in [1.54, 1.807) is 72.9 Å². The van der Waals surface area contributed by atoms with E-state index in [1.165, 1.54) is 46.3 Å². The molecule has 0 aliphatic carbocycles. The summed E-state index contributed by atoms with van der Waals surface area (Å²) in [6, 6.07) is 55.4. The van der Waals surface area contributed by atoms with Crippen molar-refractivity contribution in [3.63, 3.8) is 0 Å². The molecule has 12 nitrogen and oxygen atoms in total. The minimum absolute atomic E-state index is 0.295. The van der Waals surface area contributed by atoms with Crippen LogP contribution in [0.1, 0.15) is 0 Å². The maximum atomic E-state index is 12.9. The number of carbonyl (C=O) groups is 6. The fraction of sp³-hybridized carbons (Fsp3) is 0. The number of hydrogen-bond acceptors (Lipinski definition) is 6. The van der Waals surface area contributed by atoms with Crippen LogP contribution in [-0.4, -0.2) is 101 Å². The van der Waals surface area contributed by atoms with Crippen molar-refractivity contribution in [1.29, 1.82) is 0 Å². The van der Waals surface area contributed by atoms with Crippen molar-refractivity contribution in [3.8, 4) is 0 Å². The molecule has 0 fully saturated rings. The van der Waals surface area contributed by atoms with E-state index < -0.39 is 65.3 Å². The second-order valence-corrected chi connectivity index (χ2v) is 44.4. The van der Waals surface area contributed by atoms with Gasteiger partial charge in [0.05, 0.1) is 0 Å². The second kappa shape index (κ2) is 34.1. The minimum atomic E-state index is -3.57. The Labute approximate surface area is 532 Å². The van der Waals surface area contributed by atoms with Crippen molar-refractivity contribution >= 4 is 164 Å². The van der Waals surface area contributed by atoms with Crippen molar-refractivity contribution in [2.75, 3.05) is 31.9 Å². The zero-order valence-corrected chi connectivity index (χ0v) is 57.9. The van der Waals surface area contributed by atoms with Gasteiger partial charge in [-0.15, -0.1) is 0 Å². The molecule has 0 aliphatic heterocycles. The fourth-order valence-electron chi connectivity index (χ4n) is 8.51. The normalized spacial score (nSPS) is 11.3. The van der Waals surface area contributed by atoms with Gasteiger partial charge in [0.1, 0.15) is 0 Å². The summed E-state index contributed by atoms with van der Waals surface area (Å²) in [6.07, 6.45) is 27.2. The van der Waals surface area contributed by atoms with Crippen LogP contribution in [0.5, 0.6) is 0 Å². The third-order valence-electron chi connectivity index (χ3n) is 12.3. The third-order valence-corrected chi connectivity index (χ3v) is 40.4. The van der Waals surface area contributed by atoms with Gasteiger partial charge in [-0.05, 0) is 0 Å². The summed E-state index contributed by atoms with van der Waals surface area (Å²) in [7, 11) is 0. The van der Waals surface area contributed by atoms with E-state index in [9.17, 15) is 28.8 Å². The van der Waals surface area contributed by atoms with Crippen LogP contribution in [0.4, 0.5) is 34.1 Å². The fourth-order valence-corrected chi connectivity index (χ4v) is 40.7. The molecule has 0 heterocycles. The van der Waals surface area contributed by atoms with Gasteiger partial charge in [0.25, 0.3) is 0 Å². The van der Waals surface area contributed by atoms with E-state index in [-0.39, 0.29) is 35.4 Å². The van der Waals surface area contributed by atoms with E-state index in [2.05, 4.69) is 162 Å². The molecule has 15 heteroatoms. The van der Waals surface area contributed by atoms with Crippen LogP contribution in [0.2, 0.25) is 0 Å². The van der Waals surface area contributed by atoms with Gasteiger partial charge in [-0.2, -0.15) is 0 Å². The average Bonchev–Trinajstić information content (AvgIpc) is 1.28. The number of hydrogen-bond donors (Lipinski definition) is 6. The molecule has 432 valence electrons. The Morgan fingerprint density at radius 2 is 0.368 bits per heavy atom. The Hall–Kier alpha value is -9.11. The van der Waals surface area contributed by atoms with Crippen molar-refractivity contribution in [2.24, 2.45) is 0 Å². The summed E-state index contributed by atoms with van der Waals surface area (Å²) >= 11 is -10.7. The molecule has 0 unspecified atom stereocenters. The van der Waals surface area contributed by atoms with Crippen LogP contribution in [0.3, 0.4) is 0 Å². The van der Waals surface area contributed by atoms with Crippen LogP contribution in [0, 0.1) is 0 Å². The van der Waals surface area contributed by atoms with E-state index >= 15 is 0 Å². The van der Waals surface area contributed by atoms with Crippen molar-refractivity contribution in [3.05, 3.63) is 313 Å². The molecule has 7 rings (SSSR count). The second-order valence-electron chi connectivity index (χ2n) is 18.5. The Morgan fingerprint density at radius 3 is 0.494 bits per heavy atom. The van der Waals surface area contributed by atoms with Crippen LogP contribution < -0.4 is 61.3 Å². The number of anilines is 6. The molecule has 0 bridgehead atoms. The predicted molar refractivity (Wildman–Crippen MR) is 367 cm³/mol. The first kappa shape index (κ1) is 65.4. The quantitative estimate of drug-likeness (QED) is 0.0179. The van der Waals surface area contributed by atoms with Crippen molar-refractivity contribution in [2.45, 2.75) is 0 Å². The van der Waals surface area contributed by atoms with Gasteiger partial charge in [0.2, 0.25) is 0 Å². The maximum absolute atomic E-state index is 12.9. The number of amides is 6. The molecule has 6 amide bonds. The van der Waals surface area contributed by atoms with Gasteiger partial charge in [-0.25, -0.2) is 0 Å². The monoisotopic (exact) mass is 1730 g/mol. The molecule has 7 aromatic carbocycles. The van der Waals surface area contributed by atoms with E-state index in [0.29, 0.717) is 34.1 Å². The summed E-state index contributed by atoms with van der Waals surface area (Å²) in [5.74, 6) is -1.77. The first-order valence-electron chi connectivity index (χ1n) is 27.1. The van der Waals surface area contributed by atoms with Gasteiger partial charge in [-0.3, -0.25) is 0 Å². The van der Waals surface area contributed by atoms with Gasteiger partial charge in [0, 0.05) is 0 Å². The summed E-state index contributed by atoms with van der Waals surface area (Å²) in [6.45, 7) is 22.2. The van der Waals surface area contributed by atoms with Gasteiger partial charge < -0.3 is 0 Å². The standard InChI is InChI=1S/6C11H10NO.C6H3.3Bi/c6*1-2-3-9-11(13)12-10-7-5-4-6-8-10;1-2-4-6-5-3-1;;;/h6*2-3,5-9H,1H2,(H,12,13);1,4-5H;;;. The number of nitrogens with one attached hydrogen (secondary N) is 6. The first-order chi connectivity index (χ1) is 42.3. The zero-order chi connectivity index (χ0) is 61.9. The Morgan fingerprint density at radius 1 is 0.230 bits per heavy atom. The van der Waals surface area contributed by atoms with Crippen molar-refractivity contribution in [1.82, 2.24) is 0 Å². The predicted octanol–water partition coefficient (Wildman–Crippen LogP) is 7.32. The van der Waals surface area contributed by atoms with Gasteiger partial charge in [-0.1, -0.05) is 0 Å². The average molecular weight is 1740 g/mol. The molecular weight excluding hydrogens is 1670 g/mol. The van der Waals surface area contributed by atoms with E-state index in [4.69, 9.17) is 0 Å². The van der Waals surface area contributed by atoms with Gasteiger partial charge >= 0.3 is 538 Å². The number of allylic oxidation sites excluding steroid dienone is 12. The molecule has 0 radical (unpaired) electrons. The molecule has 0 saturated carbocycles. The van der Waals surface area contributed by atoms with Gasteiger partial charge in [0.15, 0.2) is 0 Å². The molecule has 0 atom stereocenters. The molecule has 0 aromatic heterocycles. The SMILES string of the molecule is C=CC=CC(=O)Nc1cc[c]([Bi]([c]2ccc(NC(=O)C=CC=C)cc2)[c]2c[c]([Bi]([c]3ccc(NC(=O)C=CC=C)cc3)[c]3ccc(NC(=O)C=CC=C)cc3)c[c]([Bi]([c]3ccc(NC(=O)C=CC=C)cc3)[c]3ccc(NC(=O)C=CC=C)cc3)c2)cc1. The number of carbonyl (C=O) groups excluding carboxylic acids is 6. The molecule has 0 spiro atoms. The van der Waals surface area contributed by atoms with Crippen molar-refractivity contribution < 1.29 is 28.8 Å². The number of benzene rings is 7. The summed E-state index contributed by atoms with van der Waals surface area (Å²) in [5, 5.41) is 17.8. The summed E-state index contributed by atoms with van der Waals surface area (Å²) in [4.78, 5) is 77.6. The molecule has 0 saturated heterocycles. The molecule has 0 aliphatic rings.